The van der Waals surface area contributed by atoms with Crippen LogP contribution in [0.3, 0.4) is 0 Å². The third-order valence-electron chi connectivity index (χ3n) is 6.17. The molecule has 1 N–H and O–H groups in total. The van der Waals surface area contributed by atoms with Crippen molar-refractivity contribution in [1.82, 2.24) is 10.2 Å². The van der Waals surface area contributed by atoms with Gasteiger partial charge in [0, 0.05) is 45.3 Å². The SMILES string of the molecule is CCNC(=NCC1CCOc2ccccc21)N1CCC2(CCOCC2)C1.I. The fourth-order valence-corrected chi connectivity index (χ4v) is 4.56. The number of nitrogens with zero attached hydrogens (tertiary/aromatic N) is 2. The number of rotatable bonds is 3. The molecule has 1 aromatic carbocycles. The largest absolute Gasteiger partial charge is 0.493 e. The highest BCUT2D eigenvalue weighted by Crippen LogP contribution is 2.40. The molecule has 27 heavy (non-hydrogen) atoms. The second-order valence-corrected chi connectivity index (χ2v) is 7.85. The van der Waals surface area contributed by atoms with Crippen LogP contribution in [0.15, 0.2) is 29.3 Å². The van der Waals surface area contributed by atoms with Gasteiger partial charge in [-0.05, 0) is 49.7 Å². The van der Waals surface area contributed by atoms with Crippen molar-refractivity contribution in [2.24, 2.45) is 10.4 Å². The summed E-state index contributed by atoms with van der Waals surface area (Å²) in [6.45, 7) is 8.74. The van der Waals surface area contributed by atoms with Gasteiger partial charge in [-0.15, -0.1) is 24.0 Å². The highest BCUT2D eigenvalue weighted by atomic mass is 127. The first-order chi connectivity index (χ1) is 12.8. The molecule has 1 unspecified atom stereocenters. The number of nitrogens with one attached hydrogen (secondary N) is 1. The number of guanidine groups is 1. The molecule has 3 aliphatic rings. The first-order valence-corrected chi connectivity index (χ1v) is 10.1. The smallest absolute Gasteiger partial charge is 0.193 e. The van der Waals surface area contributed by atoms with Crippen LogP contribution in [-0.2, 0) is 4.74 Å². The molecule has 0 bridgehead atoms. The maximum atomic E-state index is 5.80. The lowest BCUT2D eigenvalue weighted by Crippen LogP contribution is -2.42. The van der Waals surface area contributed by atoms with Crippen molar-refractivity contribution in [1.29, 1.82) is 0 Å². The van der Waals surface area contributed by atoms with Crippen molar-refractivity contribution >= 4 is 29.9 Å². The maximum absolute atomic E-state index is 5.80. The number of para-hydroxylation sites is 1. The van der Waals surface area contributed by atoms with E-state index in [-0.39, 0.29) is 24.0 Å². The molecule has 1 aromatic rings. The second kappa shape index (κ2) is 9.45. The molecule has 0 aliphatic carbocycles. The van der Waals surface area contributed by atoms with Crippen LogP contribution in [0.4, 0.5) is 0 Å². The van der Waals surface area contributed by atoms with Crippen LogP contribution >= 0.6 is 24.0 Å². The van der Waals surface area contributed by atoms with Gasteiger partial charge >= 0.3 is 0 Å². The van der Waals surface area contributed by atoms with Crippen molar-refractivity contribution in [2.75, 3.05) is 46.0 Å². The Morgan fingerprint density at radius 3 is 2.85 bits per heavy atom. The molecule has 1 spiro atoms. The number of hydrogen-bond donors (Lipinski definition) is 1. The van der Waals surface area contributed by atoms with Crippen LogP contribution in [-0.4, -0.2) is 56.9 Å². The van der Waals surface area contributed by atoms with E-state index in [1.54, 1.807) is 0 Å². The van der Waals surface area contributed by atoms with Gasteiger partial charge in [0.1, 0.15) is 5.75 Å². The van der Waals surface area contributed by atoms with E-state index in [2.05, 4.69) is 35.3 Å². The maximum Gasteiger partial charge on any atom is 0.193 e. The van der Waals surface area contributed by atoms with Gasteiger partial charge in [-0.2, -0.15) is 0 Å². The summed E-state index contributed by atoms with van der Waals surface area (Å²) in [6.07, 6.45) is 4.69. The number of aliphatic imine (C=N–C) groups is 1. The zero-order valence-electron chi connectivity index (χ0n) is 16.3. The number of hydrogen-bond acceptors (Lipinski definition) is 3. The average Bonchev–Trinajstić information content (AvgIpc) is 3.09. The first kappa shape index (κ1) is 20.7. The molecular weight excluding hydrogens is 453 g/mol. The highest BCUT2D eigenvalue weighted by molar-refractivity contribution is 14.0. The van der Waals surface area contributed by atoms with E-state index in [0.29, 0.717) is 11.3 Å². The van der Waals surface area contributed by atoms with E-state index in [0.717, 1.165) is 64.1 Å². The fraction of sp³-hybridized carbons (Fsp3) is 0.667. The van der Waals surface area contributed by atoms with Crippen molar-refractivity contribution in [3.05, 3.63) is 29.8 Å². The predicted octanol–water partition coefficient (Wildman–Crippen LogP) is 3.64. The van der Waals surface area contributed by atoms with Gasteiger partial charge in [0.2, 0.25) is 0 Å². The second-order valence-electron chi connectivity index (χ2n) is 7.85. The summed E-state index contributed by atoms with van der Waals surface area (Å²) >= 11 is 0. The lowest BCUT2D eigenvalue weighted by atomic mass is 9.80. The number of halogens is 1. The molecule has 4 rings (SSSR count). The molecule has 2 saturated heterocycles. The lowest BCUT2D eigenvalue weighted by molar-refractivity contribution is 0.0217. The van der Waals surface area contributed by atoms with Crippen LogP contribution in [0.5, 0.6) is 5.75 Å². The monoisotopic (exact) mass is 485 g/mol. The van der Waals surface area contributed by atoms with Crippen molar-refractivity contribution in [3.8, 4) is 5.75 Å². The highest BCUT2D eigenvalue weighted by Gasteiger charge is 2.40. The molecule has 2 fully saturated rings. The van der Waals surface area contributed by atoms with Gasteiger partial charge in [-0.25, -0.2) is 0 Å². The summed E-state index contributed by atoms with van der Waals surface area (Å²) in [6, 6.07) is 8.41. The van der Waals surface area contributed by atoms with Crippen LogP contribution in [0.2, 0.25) is 0 Å². The van der Waals surface area contributed by atoms with E-state index in [1.807, 2.05) is 6.07 Å². The normalized spacial score (nSPS) is 24.1. The quantitative estimate of drug-likeness (QED) is 0.404. The number of fused-ring (bicyclic) bond motifs is 1. The average molecular weight is 485 g/mol. The Balaban J connectivity index is 0.00000210. The molecule has 6 heteroatoms. The van der Waals surface area contributed by atoms with E-state index >= 15 is 0 Å². The Morgan fingerprint density at radius 2 is 2.04 bits per heavy atom. The van der Waals surface area contributed by atoms with Crippen molar-refractivity contribution < 1.29 is 9.47 Å². The molecule has 0 amide bonds. The lowest BCUT2D eigenvalue weighted by Gasteiger charge is -2.33. The minimum atomic E-state index is 0. The van der Waals surface area contributed by atoms with E-state index < -0.39 is 0 Å². The summed E-state index contributed by atoms with van der Waals surface area (Å²) in [7, 11) is 0. The van der Waals surface area contributed by atoms with Crippen molar-refractivity contribution in [2.45, 2.75) is 38.5 Å². The summed E-state index contributed by atoms with van der Waals surface area (Å²) in [5.74, 6) is 2.57. The molecule has 150 valence electrons. The minimum Gasteiger partial charge on any atom is -0.493 e. The summed E-state index contributed by atoms with van der Waals surface area (Å²) in [5.41, 5.74) is 1.75. The molecule has 1 atom stereocenters. The topological polar surface area (TPSA) is 46.1 Å². The van der Waals surface area contributed by atoms with Gasteiger partial charge in [0.15, 0.2) is 5.96 Å². The van der Waals surface area contributed by atoms with Crippen LogP contribution in [0, 0.1) is 5.41 Å². The van der Waals surface area contributed by atoms with Gasteiger partial charge in [-0.3, -0.25) is 4.99 Å². The van der Waals surface area contributed by atoms with Gasteiger partial charge in [0.25, 0.3) is 0 Å². The number of ether oxygens (including phenoxy) is 2. The number of benzene rings is 1. The van der Waals surface area contributed by atoms with E-state index in [1.165, 1.54) is 24.8 Å². The van der Waals surface area contributed by atoms with Crippen LogP contribution in [0.25, 0.3) is 0 Å². The molecule has 5 nitrogen and oxygen atoms in total. The van der Waals surface area contributed by atoms with Crippen molar-refractivity contribution in [3.63, 3.8) is 0 Å². The van der Waals surface area contributed by atoms with E-state index in [4.69, 9.17) is 14.5 Å². The zero-order valence-corrected chi connectivity index (χ0v) is 18.6. The zero-order chi connectivity index (χ0) is 17.8. The Bertz CT molecular complexity index is 646. The Kier molecular flexibility index (Phi) is 7.25. The molecule has 3 aliphatic heterocycles. The van der Waals surface area contributed by atoms with Gasteiger partial charge in [-0.1, -0.05) is 18.2 Å². The molecule has 3 heterocycles. The van der Waals surface area contributed by atoms with Crippen LogP contribution < -0.4 is 10.1 Å². The Morgan fingerprint density at radius 1 is 1.22 bits per heavy atom. The molecular formula is C21H32IN3O2. The fourth-order valence-electron chi connectivity index (χ4n) is 4.56. The van der Waals surface area contributed by atoms with Gasteiger partial charge < -0.3 is 19.7 Å². The molecule has 0 radical (unpaired) electrons. The van der Waals surface area contributed by atoms with E-state index in [9.17, 15) is 0 Å². The Labute approximate surface area is 179 Å². The Hall–Kier alpha value is -1.02. The predicted molar refractivity (Wildman–Crippen MR) is 119 cm³/mol. The number of likely N-dealkylation sites (tertiary alicyclic amines) is 1. The standard InChI is InChI=1S/C21H31N3O2.HI/c1-2-22-20(24-11-8-21(16-24)9-13-25-14-10-21)23-15-17-7-12-26-19-6-4-3-5-18(17)19;/h3-6,17H,2,7-16H2,1H3,(H,22,23);1H. The first-order valence-electron chi connectivity index (χ1n) is 10.1. The summed E-state index contributed by atoms with van der Waals surface area (Å²) in [5, 5.41) is 3.52. The summed E-state index contributed by atoms with van der Waals surface area (Å²) in [4.78, 5) is 7.51. The summed E-state index contributed by atoms with van der Waals surface area (Å²) < 4.78 is 11.4. The third-order valence-corrected chi connectivity index (χ3v) is 6.17. The van der Waals surface area contributed by atoms with Crippen LogP contribution in [0.1, 0.15) is 44.1 Å². The molecule has 0 aromatic heterocycles. The third kappa shape index (κ3) is 4.70. The van der Waals surface area contributed by atoms with Gasteiger partial charge in [0.05, 0.1) is 6.61 Å². The minimum absolute atomic E-state index is 0. The molecule has 0 saturated carbocycles.